The molecular formula is C2HF3O3. The second-order valence-electron chi connectivity index (χ2n) is 0.877. The summed E-state index contributed by atoms with van der Waals surface area (Å²) in [5.74, 6) is -2.61. The van der Waals surface area contributed by atoms with Crippen LogP contribution in [-0.2, 0) is 9.68 Å². The SMILES string of the molecule is O=C(OO)C(F)(F)F. The van der Waals surface area contributed by atoms with Crippen LogP contribution >= 0.6 is 0 Å². The molecule has 0 aromatic rings. The molecule has 0 amide bonds. The third-order valence-corrected chi connectivity index (χ3v) is 0.314. The summed E-state index contributed by atoms with van der Waals surface area (Å²) >= 11 is 0. The van der Waals surface area contributed by atoms with Crippen molar-refractivity contribution in [3.05, 3.63) is 0 Å². The molecule has 0 bridgehead atoms. The van der Waals surface area contributed by atoms with Gasteiger partial charge in [-0.15, -0.1) is 0 Å². The Morgan fingerprint density at radius 3 is 1.88 bits per heavy atom. The highest BCUT2D eigenvalue weighted by atomic mass is 19.4. The van der Waals surface area contributed by atoms with Crippen LogP contribution in [0.4, 0.5) is 13.2 Å². The van der Waals surface area contributed by atoms with Crippen molar-refractivity contribution < 1.29 is 28.1 Å². The van der Waals surface area contributed by atoms with E-state index < -0.39 is 12.1 Å². The lowest BCUT2D eigenvalue weighted by molar-refractivity contribution is -0.272. The quantitative estimate of drug-likeness (QED) is 0.385. The van der Waals surface area contributed by atoms with Gasteiger partial charge in [-0.2, -0.15) is 18.4 Å². The van der Waals surface area contributed by atoms with Gasteiger partial charge in [-0.1, -0.05) is 0 Å². The van der Waals surface area contributed by atoms with Crippen molar-refractivity contribution in [2.24, 2.45) is 0 Å². The highest BCUT2D eigenvalue weighted by Gasteiger charge is 2.41. The summed E-state index contributed by atoms with van der Waals surface area (Å²) in [6.07, 6.45) is -5.10. The average Bonchev–Trinajstić information content (AvgIpc) is 1.62. The van der Waals surface area contributed by atoms with Gasteiger partial charge in [0.2, 0.25) is 0 Å². The van der Waals surface area contributed by atoms with Crippen molar-refractivity contribution in [1.29, 1.82) is 0 Å². The zero-order chi connectivity index (χ0) is 6.78. The molecule has 0 aromatic carbocycles. The zero-order valence-corrected chi connectivity index (χ0v) is 3.40. The fraction of sp³-hybridized carbons (Fsp3) is 0.500. The van der Waals surface area contributed by atoms with Gasteiger partial charge in [0.05, 0.1) is 0 Å². The maximum atomic E-state index is 10.8. The minimum atomic E-state index is -5.10. The molecule has 0 unspecified atom stereocenters. The van der Waals surface area contributed by atoms with E-state index in [-0.39, 0.29) is 0 Å². The molecule has 0 radical (unpaired) electrons. The van der Waals surface area contributed by atoms with E-state index in [9.17, 15) is 18.0 Å². The molecule has 0 rings (SSSR count). The first kappa shape index (κ1) is 7.22. The van der Waals surface area contributed by atoms with Crippen LogP contribution in [0.1, 0.15) is 0 Å². The second kappa shape index (κ2) is 1.99. The summed E-state index contributed by atoms with van der Waals surface area (Å²) in [5, 5.41) is 7.10. The maximum Gasteiger partial charge on any atom is 0.494 e. The molecule has 1 N–H and O–H groups in total. The minimum absolute atomic E-state index is 2.35. The zero-order valence-electron chi connectivity index (χ0n) is 3.40. The standard InChI is InChI=1S/C2HF3O3/c3-2(4,5)1(6)8-7/h7H. The molecule has 0 aliphatic heterocycles. The van der Waals surface area contributed by atoms with Crippen molar-refractivity contribution in [1.82, 2.24) is 0 Å². The number of hydrogen-bond acceptors (Lipinski definition) is 3. The molecule has 8 heavy (non-hydrogen) atoms. The van der Waals surface area contributed by atoms with Crippen LogP contribution in [0.3, 0.4) is 0 Å². The summed E-state index contributed by atoms with van der Waals surface area (Å²) in [6.45, 7) is 0. The van der Waals surface area contributed by atoms with E-state index in [1.807, 2.05) is 0 Å². The maximum absolute atomic E-state index is 10.8. The molecule has 0 atom stereocenters. The number of rotatable bonds is 0. The monoisotopic (exact) mass is 130 g/mol. The van der Waals surface area contributed by atoms with Crippen molar-refractivity contribution >= 4 is 5.97 Å². The predicted octanol–water partition coefficient (Wildman–Crippen LogP) is 0.565. The molecule has 0 fully saturated rings. The molecule has 3 nitrogen and oxygen atoms in total. The second-order valence-corrected chi connectivity index (χ2v) is 0.877. The summed E-state index contributed by atoms with van der Waals surface area (Å²) in [4.78, 5) is 11.6. The van der Waals surface area contributed by atoms with E-state index in [1.54, 1.807) is 0 Å². The number of hydrogen-bond donors (Lipinski definition) is 1. The van der Waals surface area contributed by atoms with Crippen LogP contribution in [0.2, 0.25) is 0 Å². The summed E-state index contributed by atoms with van der Waals surface area (Å²) in [7, 11) is 0. The van der Waals surface area contributed by atoms with Crippen LogP contribution in [0.15, 0.2) is 0 Å². The number of carbonyl (C=O) groups excluding carboxylic acids is 1. The third-order valence-electron chi connectivity index (χ3n) is 0.314. The highest BCUT2D eigenvalue weighted by Crippen LogP contribution is 2.15. The van der Waals surface area contributed by atoms with Crippen molar-refractivity contribution in [2.75, 3.05) is 0 Å². The lowest BCUT2D eigenvalue weighted by atomic mass is 10.7. The van der Waals surface area contributed by atoms with Gasteiger partial charge in [0, 0.05) is 0 Å². The van der Waals surface area contributed by atoms with E-state index >= 15 is 0 Å². The molecular weight excluding hydrogens is 129 g/mol. The predicted molar refractivity (Wildman–Crippen MR) is 14.8 cm³/mol. The number of carbonyl (C=O) groups is 1. The van der Waals surface area contributed by atoms with E-state index in [4.69, 9.17) is 5.26 Å². The van der Waals surface area contributed by atoms with Gasteiger partial charge < -0.3 is 0 Å². The fourth-order valence-electron chi connectivity index (χ4n) is 0.0518. The third kappa shape index (κ3) is 1.78. The van der Waals surface area contributed by atoms with Crippen LogP contribution in [-0.4, -0.2) is 17.4 Å². The van der Waals surface area contributed by atoms with Gasteiger partial charge in [0.15, 0.2) is 0 Å². The van der Waals surface area contributed by atoms with Crippen molar-refractivity contribution in [3.63, 3.8) is 0 Å². The Balaban J connectivity index is 3.82. The van der Waals surface area contributed by atoms with Crippen LogP contribution in [0.5, 0.6) is 0 Å². The van der Waals surface area contributed by atoms with Crippen LogP contribution < -0.4 is 0 Å². The highest BCUT2D eigenvalue weighted by molar-refractivity contribution is 5.74. The summed E-state index contributed by atoms with van der Waals surface area (Å²) in [5.41, 5.74) is 0. The molecule has 48 valence electrons. The Hall–Kier alpha value is -0.780. The minimum Gasteiger partial charge on any atom is -0.291 e. The molecule has 0 spiro atoms. The van der Waals surface area contributed by atoms with E-state index in [0.29, 0.717) is 0 Å². The van der Waals surface area contributed by atoms with E-state index in [0.717, 1.165) is 0 Å². The van der Waals surface area contributed by atoms with E-state index in [1.165, 1.54) is 0 Å². The molecule has 0 saturated carbocycles. The van der Waals surface area contributed by atoms with Gasteiger partial charge in [-0.3, -0.25) is 4.89 Å². The van der Waals surface area contributed by atoms with Gasteiger partial charge in [-0.25, -0.2) is 4.79 Å². The largest absolute Gasteiger partial charge is 0.494 e. The smallest absolute Gasteiger partial charge is 0.291 e. The normalized spacial score (nSPS) is 11.0. The lowest BCUT2D eigenvalue weighted by Crippen LogP contribution is -2.23. The molecule has 0 aromatic heterocycles. The van der Waals surface area contributed by atoms with Gasteiger partial charge in [-0.05, 0) is 0 Å². The fourth-order valence-corrected chi connectivity index (χ4v) is 0.0518. The van der Waals surface area contributed by atoms with Crippen LogP contribution in [0, 0.1) is 0 Å². The first-order chi connectivity index (χ1) is 3.48. The Labute approximate surface area is 41.6 Å². The average molecular weight is 130 g/mol. The molecule has 0 saturated heterocycles. The Bertz CT molecular complexity index is 95.2. The topological polar surface area (TPSA) is 46.5 Å². The summed E-state index contributed by atoms with van der Waals surface area (Å²) in [6, 6.07) is 0. The van der Waals surface area contributed by atoms with Gasteiger partial charge >= 0.3 is 12.1 Å². The van der Waals surface area contributed by atoms with E-state index in [2.05, 4.69) is 4.89 Å². The summed E-state index contributed by atoms with van der Waals surface area (Å²) < 4.78 is 32.4. The Morgan fingerprint density at radius 2 is 1.88 bits per heavy atom. The number of alkyl halides is 3. The molecule has 0 aliphatic rings. The van der Waals surface area contributed by atoms with Gasteiger partial charge in [0.1, 0.15) is 0 Å². The van der Waals surface area contributed by atoms with Gasteiger partial charge in [0.25, 0.3) is 0 Å². The molecule has 0 aliphatic carbocycles. The van der Waals surface area contributed by atoms with Crippen molar-refractivity contribution in [2.45, 2.75) is 6.18 Å². The first-order valence-corrected chi connectivity index (χ1v) is 1.41. The number of halogens is 3. The Kier molecular flexibility index (Phi) is 1.80. The Morgan fingerprint density at radius 1 is 1.50 bits per heavy atom. The molecule has 6 heteroatoms. The molecule has 0 heterocycles. The van der Waals surface area contributed by atoms with Crippen molar-refractivity contribution in [3.8, 4) is 0 Å². The van der Waals surface area contributed by atoms with Crippen LogP contribution in [0.25, 0.3) is 0 Å². The lowest BCUT2D eigenvalue weighted by Gasteiger charge is -1.97. The first-order valence-electron chi connectivity index (χ1n) is 1.41.